The number of hydrogen-bond acceptors (Lipinski definition) is 3. The topological polar surface area (TPSA) is 62.6 Å². The first kappa shape index (κ1) is 14.4. The van der Waals surface area contributed by atoms with Crippen LogP contribution in [-0.4, -0.2) is 29.8 Å². The molecule has 5 nitrogen and oxygen atoms in total. The van der Waals surface area contributed by atoms with Gasteiger partial charge >= 0.3 is 0 Å². The van der Waals surface area contributed by atoms with Gasteiger partial charge in [0, 0.05) is 19.5 Å². The molecule has 2 aromatic rings. The van der Waals surface area contributed by atoms with E-state index < -0.39 is 0 Å². The maximum absolute atomic E-state index is 12.2. The van der Waals surface area contributed by atoms with Gasteiger partial charge in [0.25, 0.3) is 5.91 Å². The predicted octanol–water partition coefficient (Wildman–Crippen LogP) is 2.37. The first-order chi connectivity index (χ1) is 10.7. The molecule has 1 saturated heterocycles. The predicted molar refractivity (Wildman–Crippen MR) is 81.2 cm³/mol. The Kier molecular flexibility index (Phi) is 4.23. The van der Waals surface area contributed by atoms with Crippen LogP contribution in [0.2, 0.25) is 0 Å². The van der Waals surface area contributed by atoms with Crippen molar-refractivity contribution in [1.29, 1.82) is 0 Å². The smallest absolute Gasteiger partial charge is 0.287 e. The van der Waals surface area contributed by atoms with Crippen molar-refractivity contribution in [3.8, 4) is 0 Å². The summed E-state index contributed by atoms with van der Waals surface area (Å²) >= 11 is 0. The molecule has 2 amide bonds. The van der Waals surface area contributed by atoms with E-state index in [-0.39, 0.29) is 23.6 Å². The fourth-order valence-corrected chi connectivity index (χ4v) is 2.67. The fourth-order valence-electron chi connectivity index (χ4n) is 2.67. The van der Waals surface area contributed by atoms with Gasteiger partial charge in [-0.25, -0.2) is 0 Å². The summed E-state index contributed by atoms with van der Waals surface area (Å²) in [5, 5.41) is 2.96. The van der Waals surface area contributed by atoms with Crippen LogP contribution in [0.3, 0.4) is 0 Å². The Hall–Kier alpha value is -2.56. The minimum atomic E-state index is -0.273. The Labute approximate surface area is 128 Å². The second-order valence-electron chi connectivity index (χ2n) is 5.36. The molecule has 5 heteroatoms. The zero-order valence-corrected chi connectivity index (χ0v) is 12.2. The van der Waals surface area contributed by atoms with Crippen molar-refractivity contribution in [1.82, 2.24) is 10.2 Å². The normalized spacial score (nSPS) is 15.8. The molecule has 0 bridgehead atoms. The molecule has 0 saturated carbocycles. The second-order valence-corrected chi connectivity index (χ2v) is 5.36. The van der Waals surface area contributed by atoms with Crippen LogP contribution in [0, 0.1) is 0 Å². The summed E-state index contributed by atoms with van der Waals surface area (Å²) in [6.07, 6.45) is 2.94. The average molecular weight is 298 g/mol. The van der Waals surface area contributed by atoms with E-state index in [1.54, 1.807) is 17.0 Å². The molecule has 0 radical (unpaired) electrons. The van der Waals surface area contributed by atoms with Crippen LogP contribution < -0.4 is 5.32 Å². The average Bonchev–Trinajstić information content (AvgIpc) is 3.20. The van der Waals surface area contributed by atoms with Gasteiger partial charge in [-0.1, -0.05) is 30.3 Å². The van der Waals surface area contributed by atoms with Gasteiger partial charge in [-0.15, -0.1) is 0 Å². The molecule has 0 unspecified atom stereocenters. The summed E-state index contributed by atoms with van der Waals surface area (Å²) in [5.74, 6) is 0.146. The lowest BCUT2D eigenvalue weighted by atomic mass is 10.1. The van der Waals surface area contributed by atoms with Gasteiger partial charge in [-0.3, -0.25) is 9.59 Å². The molecule has 1 atom stereocenters. The Morgan fingerprint density at radius 3 is 2.68 bits per heavy atom. The summed E-state index contributed by atoms with van der Waals surface area (Å²) in [4.78, 5) is 25.9. The summed E-state index contributed by atoms with van der Waals surface area (Å²) in [5.41, 5.74) is 0.974. The van der Waals surface area contributed by atoms with Gasteiger partial charge in [-0.05, 0) is 24.1 Å². The summed E-state index contributed by atoms with van der Waals surface area (Å²) < 4.78 is 5.13. The fraction of sp³-hybridized carbons (Fsp3) is 0.294. The van der Waals surface area contributed by atoms with E-state index in [0.717, 1.165) is 18.5 Å². The van der Waals surface area contributed by atoms with Crippen LogP contribution in [0.25, 0.3) is 0 Å². The third-order valence-corrected chi connectivity index (χ3v) is 3.83. The molecular formula is C17H18N2O3. The van der Waals surface area contributed by atoms with Gasteiger partial charge in [0.1, 0.15) is 0 Å². The number of carbonyl (C=O) groups excluding carboxylic acids is 2. The van der Waals surface area contributed by atoms with Gasteiger partial charge in [0.05, 0.1) is 12.3 Å². The Balaban J connectivity index is 1.77. The molecule has 3 rings (SSSR count). The number of furan rings is 1. The molecule has 114 valence electrons. The van der Waals surface area contributed by atoms with E-state index in [1.807, 2.05) is 30.3 Å². The zero-order chi connectivity index (χ0) is 15.4. The van der Waals surface area contributed by atoms with Crippen LogP contribution in [0.4, 0.5) is 0 Å². The van der Waals surface area contributed by atoms with Crippen molar-refractivity contribution in [2.45, 2.75) is 18.9 Å². The van der Waals surface area contributed by atoms with Gasteiger partial charge < -0.3 is 14.6 Å². The van der Waals surface area contributed by atoms with E-state index in [1.165, 1.54) is 6.26 Å². The van der Waals surface area contributed by atoms with Crippen molar-refractivity contribution < 1.29 is 14.0 Å². The number of hydrogen-bond donors (Lipinski definition) is 1. The molecular weight excluding hydrogens is 280 g/mol. The molecule has 1 aromatic carbocycles. The highest BCUT2D eigenvalue weighted by Crippen LogP contribution is 2.19. The third kappa shape index (κ3) is 3.19. The number of likely N-dealkylation sites (tertiary alicyclic amines) is 1. The summed E-state index contributed by atoms with van der Waals surface area (Å²) in [6.45, 7) is 1.23. The Bertz CT molecular complexity index is 637. The number of nitrogens with zero attached hydrogens (tertiary/aromatic N) is 1. The largest absolute Gasteiger partial charge is 0.459 e. The molecule has 22 heavy (non-hydrogen) atoms. The van der Waals surface area contributed by atoms with Crippen molar-refractivity contribution in [3.05, 3.63) is 60.1 Å². The van der Waals surface area contributed by atoms with E-state index in [4.69, 9.17) is 4.42 Å². The monoisotopic (exact) mass is 298 g/mol. The number of carbonyl (C=O) groups is 2. The first-order valence-corrected chi connectivity index (χ1v) is 7.41. The lowest BCUT2D eigenvalue weighted by Gasteiger charge is -2.24. The van der Waals surface area contributed by atoms with Crippen LogP contribution >= 0.6 is 0 Å². The third-order valence-electron chi connectivity index (χ3n) is 3.83. The lowest BCUT2D eigenvalue weighted by Crippen LogP contribution is -2.38. The van der Waals surface area contributed by atoms with Gasteiger partial charge in [-0.2, -0.15) is 0 Å². The molecule has 1 aliphatic heterocycles. The molecule has 2 heterocycles. The van der Waals surface area contributed by atoms with E-state index in [2.05, 4.69) is 5.32 Å². The van der Waals surface area contributed by atoms with Crippen molar-refractivity contribution in [3.63, 3.8) is 0 Å². The van der Waals surface area contributed by atoms with Crippen LogP contribution in [-0.2, 0) is 4.79 Å². The molecule has 1 N–H and O–H groups in total. The van der Waals surface area contributed by atoms with Crippen molar-refractivity contribution in [2.24, 2.45) is 0 Å². The molecule has 0 aliphatic carbocycles. The minimum Gasteiger partial charge on any atom is -0.459 e. The van der Waals surface area contributed by atoms with Crippen LogP contribution in [0.1, 0.15) is 35.0 Å². The van der Waals surface area contributed by atoms with E-state index in [9.17, 15) is 9.59 Å². The van der Waals surface area contributed by atoms with E-state index in [0.29, 0.717) is 13.0 Å². The number of rotatable bonds is 5. The van der Waals surface area contributed by atoms with Crippen molar-refractivity contribution in [2.75, 3.05) is 13.1 Å². The molecule has 1 fully saturated rings. The first-order valence-electron chi connectivity index (χ1n) is 7.41. The lowest BCUT2D eigenvalue weighted by molar-refractivity contribution is -0.128. The minimum absolute atomic E-state index is 0.146. The van der Waals surface area contributed by atoms with Crippen LogP contribution in [0.15, 0.2) is 53.1 Å². The quantitative estimate of drug-likeness (QED) is 0.921. The highest BCUT2D eigenvalue weighted by Gasteiger charge is 2.25. The number of nitrogens with one attached hydrogen (secondary N) is 1. The number of amides is 2. The zero-order valence-electron chi connectivity index (χ0n) is 12.2. The summed E-state index contributed by atoms with van der Waals surface area (Å²) in [7, 11) is 0. The highest BCUT2D eigenvalue weighted by atomic mass is 16.3. The molecule has 1 aliphatic rings. The standard InChI is InChI=1S/C17H18N2O3/c20-16-9-4-10-19(16)12-14(13-6-2-1-3-7-13)18-17(21)15-8-5-11-22-15/h1-3,5-8,11,14H,4,9-10,12H2,(H,18,21)/t14-/m1/s1. The molecule has 1 aromatic heterocycles. The Morgan fingerprint density at radius 2 is 2.05 bits per heavy atom. The maximum atomic E-state index is 12.2. The van der Waals surface area contributed by atoms with Crippen LogP contribution in [0.5, 0.6) is 0 Å². The Morgan fingerprint density at radius 1 is 1.23 bits per heavy atom. The second kappa shape index (κ2) is 6.47. The van der Waals surface area contributed by atoms with E-state index >= 15 is 0 Å². The summed E-state index contributed by atoms with van der Waals surface area (Å²) in [6, 6.07) is 12.7. The van der Waals surface area contributed by atoms with Gasteiger partial charge in [0.15, 0.2) is 5.76 Å². The SMILES string of the molecule is O=C(N[C@H](CN1CCCC1=O)c1ccccc1)c1ccco1. The molecule has 0 spiro atoms. The van der Waals surface area contributed by atoms with Crippen molar-refractivity contribution >= 4 is 11.8 Å². The van der Waals surface area contributed by atoms with Gasteiger partial charge in [0.2, 0.25) is 5.91 Å². The number of benzene rings is 1. The highest BCUT2D eigenvalue weighted by molar-refractivity contribution is 5.91. The maximum Gasteiger partial charge on any atom is 0.287 e.